The molecule has 0 aromatic heterocycles. The molecule has 9 heteroatoms. The summed E-state index contributed by atoms with van der Waals surface area (Å²) in [4.78, 5) is 24.1. The first-order valence-electron chi connectivity index (χ1n) is 8.04. The van der Waals surface area contributed by atoms with Crippen LogP contribution in [0.4, 0.5) is 5.69 Å². The predicted octanol–water partition coefficient (Wildman–Crippen LogP) is 1.01. The largest absolute Gasteiger partial charge is 0.493 e. The SMILES string of the molecule is C[C@H]1Cc2cc(C(=O)COC(=O)C3=COCCO3)ccc2N1S(C)(=O)=O. The van der Waals surface area contributed by atoms with Gasteiger partial charge in [-0.05, 0) is 37.1 Å². The van der Waals surface area contributed by atoms with Crippen molar-refractivity contribution in [2.24, 2.45) is 0 Å². The summed E-state index contributed by atoms with van der Waals surface area (Å²) in [5, 5.41) is 0. The molecule has 2 aliphatic rings. The molecule has 0 radical (unpaired) electrons. The molecule has 26 heavy (non-hydrogen) atoms. The summed E-state index contributed by atoms with van der Waals surface area (Å²) >= 11 is 0. The van der Waals surface area contributed by atoms with Crippen LogP contribution in [0.3, 0.4) is 0 Å². The molecular formula is C17H19NO7S. The molecule has 0 amide bonds. The maximum atomic E-state index is 12.3. The molecule has 0 fully saturated rings. The number of sulfonamides is 1. The summed E-state index contributed by atoms with van der Waals surface area (Å²) in [5.41, 5.74) is 1.70. The first kappa shape index (κ1) is 18.2. The smallest absolute Gasteiger partial charge is 0.377 e. The molecule has 0 aliphatic carbocycles. The number of ketones is 1. The zero-order chi connectivity index (χ0) is 18.9. The Morgan fingerprint density at radius 1 is 1.31 bits per heavy atom. The van der Waals surface area contributed by atoms with Gasteiger partial charge in [0, 0.05) is 11.6 Å². The number of hydrogen-bond donors (Lipinski definition) is 0. The van der Waals surface area contributed by atoms with Gasteiger partial charge in [0.1, 0.15) is 19.5 Å². The van der Waals surface area contributed by atoms with Crippen LogP contribution in [-0.4, -0.2) is 52.3 Å². The topological polar surface area (TPSA) is 99.2 Å². The highest BCUT2D eigenvalue weighted by Gasteiger charge is 2.32. The van der Waals surface area contributed by atoms with Crippen LogP contribution >= 0.6 is 0 Å². The van der Waals surface area contributed by atoms with Gasteiger partial charge in [0.05, 0.1) is 11.9 Å². The summed E-state index contributed by atoms with van der Waals surface area (Å²) in [6.45, 7) is 1.97. The van der Waals surface area contributed by atoms with E-state index in [0.717, 1.165) is 18.1 Å². The molecule has 1 aromatic rings. The van der Waals surface area contributed by atoms with E-state index in [-0.39, 0.29) is 24.2 Å². The van der Waals surface area contributed by atoms with Crippen molar-refractivity contribution >= 4 is 27.5 Å². The van der Waals surface area contributed by atoms with Gasteiger partial charge in [0.2, 0.25) is 15.8 Å². The van der Waals surface area contributed by atoms with Gasteiger partial charge in [0.15, 0.2) is 12.4 Å². The van der Waals surface area contributed by atoms with Crippen LogP contribution in [0.25, 0.3) is 0 Å². The lowest BCUT2D eigenvalue weighted by molar-refractivity contribution is -0.143. The van der Waals surface area contributed by atoms with E-state index in [0.29, 0.717) is 24.3 Å². The van der Waals surface area contributed by atoms with E-state index < -0.39 is 22.6 Å². The minimum Gasteiger partial charge on any atom is -0.493 e. The van der Waals surface area contributed by atoms with Gasteiger partial charge in [-0.25, -0.2) is 13.2 Å². The number of ether oxygens (including phenoxy) is 3. The Hall–Kier alpha value is -2.55. The van der Waals surface area contributed by atoms with Crippen molar-refractivity contribution in [2.75, 3.05) is 30.4 Å². The number of carbonyl (C=O) groups excluding carboxylic acids is 2. The maximum absolute atomic E-state index is 12.3. The van der Waals surface area contributed by atoms with Crippen LogP contribution in [-0.2, 0) is 35.4 Å². The van der Waals surface area contributed by atoms with Crippen molar-refractivity contribution < 1.29 is 32.2 Å². The minimum atomic E-state index is -3.39. The number of benzene rings is 1. The second-order valence-corrected chi connectivity index (χ2v) is 8.02. The molecule has 3 rings (SSSR count). The van der Waals surface area contributed by atoms with Gasteiger partial charge in [-0.2, -0.15) is 0 Å². The second-order valence-electron chi connectivity index (χ2n) is 6.16. The zero-order valence-corrected chi connectivity index (χ0v) is 15.2. The Kier molecular flexibility index (Phi) is 4.90. The van der Waals surface area contributed by atoms with Crippen LogP contribution < -0.4 is 4.31 Å². The van der Waals surface area contributed by atoms with Crippen LogP contribution in [0.2, 0.25) is 0 Å². The van der Waals surface area contributed by atoms with Crippen molar-refractivity contribution in [3.63, 3.8) is 0 Å². The highest BCUT2D eigenvalue weighted by Crippen LogP contribution is 2.34. The Bertz CT molecular complexity index is 875. The molecule has 0 saturated carbocycles. The van der Waals surface area contributed by atoms with Gasteiger partial charge in [-0.1, -0.05) is 0 Å². The molecule has 0 bridgehead atoms. The second kappa shape index (κ2) is 6.99. The number of hydrogen-bond acceptors (Lipinski definition) is 7. The third-order valence-corrected chi connectivity index (χ3v) is 5.37. The quantitative estimate of drug-likeness (QED) is 0.554. The fourth-order valence-electron chi connectivity index (χ4n) is 3.04. The number of Topliss-reactive ketones (excluding diaryl/α,β-unsaturated/α-hetero) is 1. The summed E-state index contributed by atoms with van der Waals surface area (Å²) in [6.07, 6.45) is 2.83. The molecule has 0 spiro atoms. The molecule has 2 aliphatic heterocycles. The van der Waals surface area contributed by atoms with E-state index in [2.05, 4.69) is 0 Å². The van der Waals surface area contributed by atoms with Crippen molar-refractivity contribution in [3.05, 3.63) is 41.3 Å². The molecule has 0 unspecified atom stereocenters. The first-order chi connectivity index (χ1) is 12.3. The fourth-order valence-corrected chi connectivity index (χ4v) is 4.31. The van der Waals surface area contributed by atoms with Crippen molar-refractivity contribution in [1.29, 1.82) is 0 Å². The number of carbonyl (C=O) groups is 2. The van der Waals surface area contributed by atoms with E-state index >= 15 is 0 Å². The van der Waals surface area contributed by atoms with Crippen molar-refractivity contribution in [3.8, 4) is 0 Å². The Labute approximate surface area is 151 Å². The van der Waals surface area contributed by atoms with Gasteiger partial charge in [-0.15, -0.1) is 0 Å². The van der Waals surface area contributed by atoms with Gasteiger partial charge >= 0.3 is 5.97 Å². The molecule has 0 saturated heterocycles. The van der Waals surface area contributed by atoms with E-state index in [4.69, 9.17) is 14.2 Å². The zero-order valence-electron chi connectivity index (χ0n) is 14.4. The monoisotopic (exact) mass is 381 g/mol. The van der Waals surface area contributed by atoms with Crippen LogP contribution in [0.15, 0.2) is 30.2 Å². The summed E-state index contributed by atoms with van der Waals surface area (Å²) in [6, 6.07) is 4.57. The molecule has 0 N–H and O–H groups in total. The Morgan fingerprint density at radius 3 is 2.73 bits per heavy atom. The number of rotatable bonds is 5. The molecule has 1 atom stereocenters. The number of esters is 1. The summed E-state index contributed by atoms with van der Waals surface area (Å²) < 4.78 is 40.2. The normalized spacial score (nSPS) is 19.1. The Morgan fingerprint density at radius 2 is 2.08 bits per heavy atom. The standard InChI is InChI=1S/C17H19NO7S/c1-11-7-13-8-12(3-4-14(13)18(11)26(2,21)22)15(19)9-25-17(20)16-10-23-5-6-24-16/h3-4,8,10-11H,5-7,9H2,1-2H3/t11-/m0/s1. The minimum absolute atomic E-state index is 0.0735. The van der Waals surface area contributed by atoms with Crippen LogP contribution in [0.1, 0.15) is 22.8 Å². The summed E-state index contributed by atoms with van der Waals surface area (Å²) in [5.74, 6) is -1.23. The third kappa shape index (κ3) is 3.67. The summed E-state index contributed by atoms with van der Waals surface area (Å²) in [7, 11) is -3.39. The van der Waals surface area contributed by atoms with Crippen LogP contribution in [0.5, 0.6) is 0 Å². The van der Waals surface area contributed by atoms with E-state index in [1.807, 2.05) is 6.92 Å². The third-order valence-electron chi connectivity index (χ3n) is 4.10. The van der Waals surface area contributed by atoms with Crippen molar-refractivity contribution in [2.45, 2.75) is 19.4 Å². The average Bonchev–Trinajstić information content (AvgIpc) is 2.95. The lowest BCUT2D eigenvalue weighted by atomic mass is 10.0. The van der Waals surface area contributed by atoms with E-state index in [9.17, 15) is 18.0 Å². The number of fused-ring (bicyclic) bond motifs is 1. The lowest BCUT2D eigenvalue weighted by Gasteiger charge is -2.21. The molecule has 8 nitrogen and oxygen atoms in total. The molecule has 140 valence electrons. The maximum Gasteiger partial charge on any atom is 0.377 e. The van der Waals surface area contributed by atoms with Crippen LogP contribution in [0, 0.1) is 0 Å². The predicted molar refractivity (Wildman–Crippen MR) is 92.2 cm³/mol. The first-order valence-corrected chi connectivity index (χ1v) is 9.89. The number of nitrogens with zero attached hydrogens (tertiary/aromatic N) is 1. The molecular weight excluding hydrogens is 362 g/mol. The van der Waals surface area contributed by atoms with Gasteiger partial charge < -0.3 is 14.2 Å². The lowest BCUT2D eigenvalue weighted by Crippen LogP contribution is -2.34. The average molecular weight is 381 g/mol. The fraction of sp³-hybridized carbons (Fsp3) is 0.412. The highest BCUT2D eigenvalue weighted by molar-refractivity contribution is 7.92. The molecule has 1 aromatic carbocycles. The van der Waals surface area contributed by atoms with E-state index in [1.54, 1.807) is 12.1 Å². The molecule has 2 heterocycles. The van der Waals surface area contributed by atoms with Gasteiger partial charge in [0.25, 0.3) is 0 Å². The number of anilines is 1. The highest BCUT2D eigenvalue weighted by atomic mass is 32.2. The Balaban J connectivity index is 1.69. The van der Waals surface area contributed by atoms with E-state index in [1.165, 1.54) is 10.4 Å². The van der Waals surface area contributed by atoms with Crippen molar-refractivity contribution in [1.82, 2.24) is 0 Å². The van der Waals surface area contributed by atoms with Gasteiger partial charge in [-0.3, -0.25) is 9.10 Å².